The van der Waals surface area contributed by atoms with Gasteiger partial charge in [-0.15, -0.1) is 0 Å². The number of aliphatic hydroxyl groups is 2. The van der Waals surface area contributed by atoms with Crippen molar-refractivity contribution in [1.29, 1.82) is 0 Å². The molecular formula is C73H110N20O28S. The van der Waals surface area contributed by atoms with Crippen molar-refractivity contribution in [2.24, 2.45) is 17.4 Å². The molecular weight excluding hydrogens is 1640 g/mol. The van der Waals surface area contributed by atoms with Crippen LogP contribution in [0.4, 0.5) is 0 Å². The molecule has 0 unspecified atom stereocenters. The zero-order chi connectivity index (χ0) is 90.8. The third-order valence-electron chi connectivity index (χ3n) is 20.3. The highest BCUT2D eigenvalue weighted by molar-refractivity contribution is 7.80. The maximum absolute atomic E-state index is 14.9. The van der Waals surface area contributed by atoms with Crippen molar-refractivity contribution in [2.45, 2.75) is 252 Å². The van der Waals surface area contributed by atoms with Crippen LogP contribution in [-0.2, 0) is 109 Å². The summed E-state index contributed by atoms with van der Waals surface area (Å²) >= 11 is 3.85. The number of rotatable bonds is 53. The Kier molecular flexibility index (Phi) is 40.9. The Labute approximate surface area is 703 Å². The molecule has 16 atom stereocenters. The van der Waals surface area contributed by atoms with E-state index < -0.39 is 304 Å². The molecule has 3 fully saturated rings. The van der Waals surface area contributed by atoms with Crippen molar-refractivity contribution in [1.82, 2.24) is 93.1 Å². The number of carboxylic acids is 6. The molecule has 49 heteroatoms. The molecule has 48 nitrogen and oxygen atoms in total. The lowest BCUT2D eigenvalue weighted by Crippen LogP contribution is -2.62. The van der Waals surface area contributed by atoms with Crippen LogP contribution in [0.2, 0.25) is 0 Å². The molecule has 14 amide bonds. The van der Waals surface area contributed by atoms with Gasteiger partial charge in [0.2, 0.25) is 82.7 Å². The van der Waals surface area contributed by atoms with Gasteiger partial charge in [0.15, 0.2) is 0 Å². The van der Waals surface area contributed by atoms with Crippen molar-refractivity contribution < 1.29 is 137 Å². The largest absolute Gasteiger partial charge is 0.481 e. The van der Waals surface area contributed by atoms with E-state index >= 15 is 0 Å². The topological polar surface area (TPSA) is 755 Å². The molecule has 122 heavy (non-hydrogen) atoms. The Morgan fingerprint density at radius 3 is 1.20 bits per heavy atom. The van der Waals surface area contributed by atoms with Crippen molar-refractivity contribution in [3.8, 4) is 0 Å². The van der Waals surface area contributed by atoms with Gasteiger partial charge in [0.1, 0.15) is 84.6 Å². The fourth-order valence-electron chi connectivity index (χ4n) is 13.7. The highest BCUT2D eigenvalue weighted by Crippen LogP contribution is 2.28. The summed E-state index contributed by atoms with van der Waals surface area (Å²) in [6.45, 7) is 2.74. The van der Waals surface area contributed by atoms with Gasteiger partial charge in [-0.05, 0) is 103 Å². The molecule has 2 aromatic heterocycles. The van der Waals surface area contributed by atoms with Gasteiger partial charge in [0.05, 0.1) is 31.4 Å². The summed E-state index contributed by atoms with van der Waals surface area (Å²) in [6, 6.07) is -24.5. The molecule has 3 aliphatic heterocycles. The monoisotopic (exact) mass is 1750 g/mol. The second-order valence-electron chi connectivity index (χ2n) is 29.9. The molecule has 0 radical (unpaired) electrons. The summed E-state index contributed by atoms with van der Waals surface area (Å²) < 4.78 is 0. The van der Waals surface area contributed by atoms with Crippen LogP contribution in [0.1, 0.15) is 154 Å². The van der Waals surface area contributed by atoms with Crippen molar-refractivity contribution in [2.75, 3.05) is 38.5 Å². The number of aliphatic hydroxyl groups excluding tert-OH is 2. The van der Waals surface area contributed by atoms with E-state index in [1.54, 1.807) is 0 Å². The van der Waals surface area contributed by atoms with Gasteiger partial charge in [-0.2, -0.15) is 12.6 Å². The lowest BCUT2D eigenvalue weighted by Gasteiger charge is -2.33. The number of hydrogen-bond acceptors (Lipinski definition) is 27. The van der Waals surface area contributed by atoms with Gasteiger partial charge in [-0.1, -0.05) is 20.3 Å². The number of nitrogens with zero attached hydrogens (tertiary/aromatic N) is 5. The van der Waals surface area contributed by atoms with Gasteiger partial charge >= 0.3 is 35.8 Å². The number of H-pyrrole nitrogens is 2. The number of carbonyl (C=O) groups is 20. The average molecular weight is 1750 g/mol. The first-order valence-electron chi connectivity index (χ1n) is 39.6. The molecule has 0 bridgehead atoms. The first-order chi connectivity index (χ1) is 57.7. The number of carbonyl (C=O) groups excluding carboxylic acids is 14. The third-order valence-corrected chi connectivity index (χ3v) is 20.7. The summed E-state index contributed by atoms with van der Waals surface area (Å²) in [6.07, 6.45) is -2.53. The van der Waals surface area contributed by atoms with Crippen LogP contribution in [-0.4, -0.2) is 329 Å². The molecule has 0 saturated carbocycles. The highest BCUT2D eigenvalue weighted by atomic mass is 32.1. The van der Waals surface area contributed by atoms with E-state index in [1.165, 1.54) is 43.8 Å². The molecule has 676 valence electrons. The van der Waals surface area contributed by atoms with Crippen LogP contribution in [0.25, 0.3) is 0 Å². The van der Waals surface area contributed by atoms with Crippen molar-refractivity contribution in [3.63, 3.8) is 0 Å². The molecule has 0 spiro atoms. The number of carboxylic acid groups (broad SMARTS) is 6. The fourth-order valence-corrected chi connectivity index (χ4v) is 13.9. The van der Waals surface area contributed by atoms with E-state index in [-0.39, 0.29) is 82.4 Å². The standard InChI is InChI=1S/C73H110N20O28S/c1-35(2)57(72(119)92-25-7-11-50(92)67(114)83-41(14-19-53(98)99)61(108)87-47(31-94)66(113)82-43(16-21-55(102)103)63(110)90-58(36(3)95)69(116)88-48(32-122)73(120)121)89-62(109)42(15-20-54(100)101)81-64(111)45(27-37-29-76-33-78-37)85-65(112)46(28-38-30-77-34-79-38)86-68(115)49-10-6-24-91(49)71(118)51-12-8-26-93(51)70(117)44(17-22-56(104)105)84-60(107)40(13-18-52(96)97)80-59(106)39(75)9-4-5-23-74/h29-30,33-36,39-51,57-58,94-95,122H,4-28,31-32,74-75H2,1-3H3,(H,76,78)(H,77,79)(H,80,106)(H,81,111)(H,82,113)(H,83,114)(H,84,107)(H,85,112)(H,86,115)(H,87,108)(H,88,116)(H,89,109)(H,90,110)(H,96,97)(H,98,99)(H,100,101)(H,102,103)(H,104,105)(H,120,121)/t36-,39+,40+,41+,42+,43+,44+,45+,46+,47+,48+,49+,50+,51+,57+,58+/m1/s1. The Morgan fingerprint density at radius 1 is 0.434 bits per heavy atom. The number of nitrogens with two attached hydrogens (primary N) is 2. The molecule has 5 rings (SSSR count). The first-order valence-corrected chi connectivity index (χ1v) is 40.2. The average Bonchev–Trinajstić information content (AvgIpc) is 1.63. The van der Waals surface area contributed by atoms with Crippen LogP contribution in [0, 0.1) is 5.92 Å². The Morgan fingerprint density at radius 2 is 0.787 bits per heavy atom. The normalized spacial score (nSPS) is 18.2. The zero-order valence-electron chi connectivity index (χ0n) is 67.3. The number of nitrogens with one attached hydrogen (secondary N) is 13. The number of likely N-dealkylation sites (tertiary alicyclic amines) is 3. The van der Waals surface area contributed by atoms with Crippen molar-refractivity contribution in [3.05, 3.63) is 36.4 Å². The maximum atomic E-state index is 14.9. The van der Waals surface area contributed by atoms with Crippen LogP contribution < -0.4 is 70.0 Å². The van der Waals surface area contributed by atoms with Crippen LogP contribution >= 0.6 is 12.6 Å². The van der Waals surface area contributed by atoms with E-state index in [1.807, 2.05) is 5.32 Å². The fraction of sp³-hybridized carbons (Fsp3) is 0.644. The lowest BCUT2D eigenvalue weighted by molar-refractivity contribution is -0.148. The second kappa shape index (κ2) is 49.7. The quantitative estimate of drug-likeness (QED) is 0.0216. The minimum Gasteiger partial charge on any atom is -0.481 e. The van der Waals surface area contributed by atoms with Crippen LogP contribution in [0.15, 0.2) is 25.0 Å². The number of aromatic amines is 2. The minimum absolute atomic E-state index is 0.0169. The van der Waals surface area contributed by atoms with E-state index in [4.69, 9.17) is 11.5 Å². The predicted octanol–water partition coefficient (Wildman–Crippen LogP) is -7.95. The number of hydrogen-bond donors (Lipinski definition) is 24. The number of aliphatic carboxylic acids is 6. The van der Waals surface area contributed by atoms with E-state index in [2.05, 4.69) is 85.7 Å². The highest BCUT2D eigenvalue weighted by Gasteiger charge is 2.47. The Hall–Kier alpha value is -12.0. The van der Waals surface area contributed by atoms with Gasteiger partial charge in [0, 0.05) is 94.1 Å². The smallest absolute Gasteiger partial charge is 0.327 e. The van der Waals surface area contributed by atoms with Gasteiger partial charge < -0.3 is 135 Å². The number of unbranched alkanes of at least 4 members (excludes halogenated alkanes) is 1. The molecule has 2 aromatic rings. The number of imidazole rings is 2. The van der Waals surface area contributed by atoms with Gasteiger partial charge in [-0.25, -0.2) is 14.8 Å². The first kappa shape index (κ1) is 101. The summed E-state index contributed by atoms with van der Waals surface area (Å²) in [7, 11) is 0. The molecule has 0 aliphatic carbocycles. The predicted molar refractivity (Wildman–Crippen MR) is 420 cm³/mol. The third kappa shape index (κ3) is 31.5. The van der Waals surface area contributed by atoms with Gasteiger partial charge in [-0.3, -0.25) is 91.1 Å². The summed E-state index contributed by atoms with van der Waals surface area (Å²) in [5.41, 5.74) is 12.1. The Balaban J connectivity index is 1.34. The van der Waals surface area contributed by atoms with E-state index in [0.717, 1.165) is 16.7 Å². The number of aromatic nitrogens is 4. The lowest BCUT2D eigenvalue weighted by atomic mass is 10.0. The molecule has 3 saturated heterocycles. The maximum Gasteiger partial charge on any atom is 0.327 e. The SMILES string of the molecule is CC(C)[C@H](NC(=O)[C@H](CCC(=O)O)NC(=O)[C@H](Cc1cnc[nH]1)NC(=O)[C@H](Cc1cnc[nH]1)NC(=O)[C@@H]1CCCN1C(=O)[C@@H]1CCCN1C(=O)[C@H](CCC(=O)O)NC(=O)[C@H](CCC(=O)O)NC(=O)[C@@H](N)CCCCN)C(=O)N1CCC[C@H]1C(=O)N[C@@H](CCC(=O)O)C(=O)N[C@@H](CO)C(=O)N[C@@H](CCC(=O)O)C(=O)N[C@H](C(=O)N[C@@H](CS)C(=O)O)[C@@H](C)O. The minimum atomic E-state index is -2.05. The summed E-state index contributed by atoms with van der Waals surface area (Å²) in [5, 5.41) is 104. The van der Waals surface area contributed by atoms with Gasteiger partial charge in [0.25, 0.3) is 0 Å². The molecule has 0 aromatic carbocycles. The number of amides is 14. The Bertz CT molecular complexity index is 4020. The summed E-state index contributed by atoms with van der Waals surface area (Å²) in [4.78, 5) is 287. The summed E-state index contributed by atoms with van der Waals surface area (Å²) in [5.74, 6) is -24.9. The molecule has 3 aliphatic rings. The molecule has 25 N–H and O–H groups in total. The van der Waals surface area contributed by atoms with Crippen molar-refractivity contribution >= 4 is 131 Å². The number of thiol groups is 1. The van der Waals surface area contributed by atoms with E-state index in [0.29, 0.717) is 19.4 Å². The zero-order valence-corrected chi connectivity index (χ0v) is 68.2. The molecule has 5 heterocycles. The van der Waals surface area contributed by atoms with E-state index in [9.17, 15) is 137 Å². The van der Waals surface area contributed by atoms with Crippen LogP contribution in [0.5, 0.6) is 0 Å². The van der Waals surface area contributed by atoms with Crippen LogP contribution in [0.3, 0.4) is 0 Å². The second-order valence-corrected chi connectivity index (χ2v) is 30.3.